The molecule has 0 radical (unpaired) electrons. The fourth-order valence-corrected chi connectivity index (χ4v) is 5.19. The third kappa shape index (κ3) is 2.71. The van der Waals surface area contributed by atoms with Crippen molar-refractivity contribution in [3.05, 3.63) is 0 Å². The molecule has 0 aromatic rings. The van der Waals surface area contributed by atoms with Gasteiger partial charge in [-0.25, -0.2) is 0 Å². The van der Waals surface area contributed by atoms with E-state index in [0.717, 1.165) is 30.3 Å². The van der Waals surface area contributed by atoms with Gasteiger partial charge in [0.2, 0.25) is 0 Å². The number of rotatable bonds is 4. The molecule has 4 unspecified atom stereocenters. The Morgan fingerprint density at radius 3 is 2.42 bits per heavy atom. The first kappa shape index (κ1) is 13.9. The summed E-state index contributed by atoms with van der Waals surface area (Å²) >= 11 is 0. The molecule has 1 aliphatic heterocycles. The van der Waals surface area contributed by atoms with E-state index in [1.165, 1.54) is 51.7 Å². The van der Waals surface area contributed by atoms with Crippen LogP contribution >= 0.6 is 0 Å². The number of nitrogens with zero attached hydrogens (tertiary/aromatic N) is 1. The molecule has 4 atom stereocenters. The first-order valence-corrected chi connectivity index (χ1v) is 8.56. The molecule has 1 heterocycles. The molecule has 3 fully saturated rings. The second-order valence-electron chi connectivity index (χ2n) is 7.99. The van der Waals surface area contributed by atoms with Crippen molar-refractivity contribution in [1.29, 1.82) is 0 Å². The van der Waals surface area contributed by atoms with E-state index in [1.807, 2.05) is 0 Å². The Morgan fingerprint density at radius 2 is 1.79 bits per heavy atom. The smallest absolute Gasteiger partial charge is 0.0159 e. The van der Waals surface area contributed by atoms with Crippen LogP contribution in [0.2, 0.25) is 0 Å². The van der Waals surface area contributed by atoms with E-state index in [9.17, 15) is 0 Å². The number of nitrogens with one attached hydrogen (secondary N) is 1. The van der Waals surface area contributed by atoms with E-state index < -0.39 is 0 Å². The van der Waals surface area contributed by atoms with Gasteiger partial charge in [0.05, 0.1) is 0 Å². The highest BCUT2D eigenvalue weighted by molar-refractivity contribution is 4.98. The molecule has 2 aliphatic carbocycles. The van der Waals surface area contributed by atoms with Crippen LogP contribution in [-0.2, 0) is 0 Å². The highest BCUT2D eigenvalue weighted by atomic mass is 15.2. The molecule has 0 bridgehead atoms. The summed E-state index contributed by atoms with van der Waals surface area (Å²) in [5, 5.41) is 3.78. The topological polar surface area (TPSA) is 15.3 Å². The van der Waals surface area contributed by atoms with Crippen molar-refractivity contribution in [2.45, 2.75) is 58.9 Å². The molecule has 3 rings (SSSR count). The van der Waals surface area contributed by atoms with Crippen LogP contribution in [-0.4, -0.2) is 37.1 Å². The molecular formula is C17H32N2. The molecule has 110 valence electrons. The van der Waals surface area contributed by atoms with Gasteiger partial charge in [0.1, 0.15) is 0 Å². The van der Waals surface area contributed by atoms with Crippen molar-refractivity contribution in [1.82, 2.24) is 10.2 Å². The van der Waals surface area contributed by atoms with Gasteiger partial charge in [-0.3, -0.25) is 0 Å². The third-order valence-corrected chi connectivity index (χ3v) is 6.19. The summed E-state index contributed by atoms with van der Waals surface area (Å²) in [5.74, 6) is 2.98. The molecule has 1 N–H and O–H groups in total. The zero-order valence-corrected chi connectivity index (χ0v) is 13.1. The maximum Gasteiger partial charge on any atom is 0.0159 e. The Balaban J connectivity index is 1.57. The third-order valence-electron chi connectivity index (χ3n) is 6.19. The van der Waals surface area contributed by atoms with Gasteiger partial charge in [0, 0.05) is 25.7 Å². The van der Waals surface area contributed by atoms with Crippen LogP contribution in [0.4, 0.5) is 0 Å². The summed E-state index contributed by atoms with van der Waals surface area (Å²) in [6, 6.07) is 0.734. The minimum Gasteiger partial charge on any atom is -0.313 e. The van der Waals surface area contributed by atoms with Crippen LogP contribution in [0.15, 0.2) is 0 Å². The van der Waals surface area contributed by atoms with Gasteiger partial charge < -0.3 is 10.2 Å². The molecule has 3 aliphatic rings. The summed E-state index contributed by atoms with van der Waals surface area (Å²) in [5.41, 5.74) is 0.496. The monoisotopic (exact) mass is 264 g/mol. The van der Waals surface area contributed by atoms with Crippen LogP contribution in [0.5, 0.6) is 0 Å². The molecule has 2 heteroatoms. The second kappa shape index (κ2) is 5.37. The van der Waals surface area contributed by atoms with Gasteiger partial charge in [-0.05, 0) is 55.4 Å². The maximum atomic E-state index is 3.78. The van der Waals surface area contributed by atoms with Crippen LogP contribution < -0.4 is 5.32 Å². The van der Waals surface area contributed by atoms with Crippen molar-refractivity contribution in [3.8, 4) is 0 Å². The average Bonchev–Trinajstić information content (AvgIpc) is 2.98. The first-order chi connectivity index (χ1) is 9.10. The SMILES string of the molecule is CCNC1C(CN2CC3CCCC3C2)CCC1(C)C. The molecule has 2 nitrogen and oxygen atoms in total. The minimum atomic E-state index is 0.496. The van der Waals surface area contributed by atoms with Gasteiger partial charge in [0.25, 0.3) is 0 Å². The van der Waals surface area contributed by atoms with Crippen molar-refractivity contribution in [2.24, 2.45) is 23.2 Å². The second-order valence-corrected chi connectivity index (χ2v) is 7.99. The van der Waals surface area contributed by atoms with E-state index in [-0.39, 0.29) is 0 Å². The number of hydrogen-bond acceptors (Lipinski definition) is 2. The van der Waals surface area contributed by atoms with E-state index in [1.54, 1.807) is 0 Å². The van der Waals surface area contributed by atoms with Gasteiger partial charge in [0.15, 0.2) is 0 Å². The maximum absolute atomic E-state index is 3.78. The van der Waals surface area contributed by atoms with Gasteiger partial charge in [-0.1, -0.05) is 27.2 Å². The fourth-order valence-electron chi connectivity index (χ4n) is 5.19. The Hall–Kier alpha value is -0.0800. The molecule has 0 spiro atoms. The lowest BCUT2D eigenvalue weighted by Crippen LogP contribution is -2.45. The predicted octanol–water partition coefficient (Wildman–Crippen LogP) is 3.13. The summed E-state index contributed by atoms with van der Waals surface area (Å²) in [6.45, 7) is 12.5. The highest BCUT2D eigenvalue weighted by Crippen LogP contribution is 2.43. The van der Waals surface area contributed by atoms with Crippen LogP contribution in [0.3, 0.4) is 0 Å². The van der Waals surface area contributed by atoms with Crippen molar-refractivity contribution in [2.75, 3.05) is 26.2 Å². The normalized spacial score (nSPS) is 41.8. The lowest BCUT2D eigenvalue weighted by atomic mass is 9.84. The van der Waals surface area contributed by atoms with Gasteiger partial charge in [-0.2, -0.15) is 0 Å². The number of hydrogen-bond donors (Lipinski definition) is 1. The minimum absolute atomic E-state index is 0.496. The Kier molecular flexibility index (Phi) is 3.92. The predicted molar refractivity (Wildman–Crippen MR) is 81.2 cm³/mol. The summed E-state index contributed by atoms with van der Waals surface area (Å²) in [7, 11) is 0. The van der Waals surface area contributed by atoms with Crippen molar-refractivity contribution in [3.63, 3.8) is 0 Å². The van der Waals surface area contributed by atoms with E-state index in [4.69, 9.17) is 0 Å². The molecule has 0 aromatic heterocycles. The van der Waals surface area contributed by atoms with Crippen LogP contribution in [0.1, 0.15) is 52.9 Å². The number of fused-ring (bicyclic) bond motifs is 1. The first-order valence-electron chi connectivity index (χ1n) is 8.56. The average molecular weight is 264 g/mol. The van der Waals surface area contributed by atoms with E-state index >= 15 is 0 Å². The fraction of sp³-hybridized carbons (Fsp3) is 1.00. The van der Waals surface area contributed by atoms with Crippen LogP contribution in [0.25, 0.3) is 0 Å². The zero-order valence-electron chi connectivity index (χ0n) is 13.1. The lowest BCUT2D eigenvalue weighted by molar-refractivity contribution is 0.198. The van der Waals surface area contributed by atoms with Crippen molar-refractivity contribution >= 4 is 0 Å². The standard InChI is InChI=1S/C17H32N2/c1-4-18-16-15(8-9-17(16,2)3)12-19-10-13-6-5-7-14(13)11-19/h13-16,18H,4-12H2,1-3H3. The van der Waals surface area contributed by atoms with E-state index in [2.05, 4.69) is 31.0 Å². The van der Waals surface area contributed by atoms with E-state index in [0.29, 0.717) is 5.41 Å². The molecule has 0 aromatic carbocycles. The van der Waals surface area contributed by atoms with Gasteiger partial charge >= 0.3 is 0 Å². The molecule has 1 saturated heterocycles. The quantitative estimate of drug-likeness (QED) is 0.839. The summed E-state index contributed by atoms with van der Waals surface area (Å²) in [6.07, 6.45) is 7.34. The number of likely N-dealkylation sites (tertiary alicyclic amines) is 1. The molecule has 0 amide bonds. The van der Waals surface area contributed by atoms with Crippen LogP contribution in [0, 0.1) is 23.2 Å². The molecular weight excluding hydrogens is 232 g/mol. The summed E-state index contributed by atoms with van der Waals surface area (Å²) < 4.78 is 0. The van der Waals surface area contributed by atoms with Gasteiger partial charge in [-0.15, -0.1) is 0 Å². The zero-order chi connectivity index (χ0) is 13.5. The largest absolute Gasteiger partial charge is 0.313 e. The Bertz CT molecular complexity index is 300. The highest BCUT2D eigenvalue weighted by Gasteiger charge is 2.43. The summed E-state index contributed by atoms with van der Waals surface area (Å²) in [4.78, 5) is 2.80. The Morgan fingerprint density at radius 1 is 1.11 bits per heavy atom. The lowest BCUT2D eigenvalue weighted by Gasteiger charge is -2.33. The molecule has 2 saturated carbocycles. The van der Waals surface area contributed by atoms with Crippen molar-refractivity contribution < 1.29 is 0 Å². The molecule has 19 heavy (non-hydrogen) atoms. The Labute approximate surface area is 119 Å².